The zero-order valence-corrected chi connectivity index (χ0v) is 18.1. The number of nitrogens with one attached hydrogen (secondary N) is 1. The van der Waals surface area contributed by atoms with E-state index in [1.165, 1.54) is 22.0 Å². The molecule has 0 aliphatic carbocycles. The van der Waals surface area contributed by atoms with Gasteiger partial charge in [0.05, 0.1) is 0 Å². The van der Waals surface area contributed by atoms with Crippen LogP contribution in [0.3, 0.4) is 0 Å². The Bertz CT molecular complexity index is 1150. The van der Waals surface area contributed by atoms with Crippen LogP contribution in [0.2, 0.25) is 0 Å². The highest BCUT2D eigenvalue weighted by molar-refractivity contribution is 6.04. The van der Waals surface area contributed by atoms with Gasteiger partial charge in [0, 0.05) is 41.9 Å². The van der Waals surface area contributed by atoms with Gasteiger partial charge in [0.1, 0.15) is 0 Å². The Morgan fingerprint density at radius 1 is 0.968 bits per heavy atom. The molecule has 0 atom stereocenters. The highest BCUT2D eigenvalue weighted by Crippen LogP contribution is 2.20. The minimum atomic E-state index is -0.116. The lowest BCUT2D eigenvalue weighted by Crippen LogP contribution is -2.14. The molecule has 0 bridgehead atoms. The maximum Gasteiger partial charge on any atom is 0.255 e. The fourth-order valence-electron chi connectivity index (χ4n) is 3.76. The third-order valence-electron chi connectivity index (χ3n) is 5.40. The minimum Gasteiger partial charge on any atom is -0.347 e. The van der Waals surface area contributed by atoms with Crippen molar-refractivity contribution in [1.82, 2.24) is 14.5 Å². The third kappa shape index (κ3) is 5.38. The Morgan fingerprint density at radius 3 is 2.45 bits per heavy atom. The maximum absolute atomic E-state index is 12.4. The molecule has 2 aromatic heterocycles. The van der Waals surface area contributed by atoms with Crippen molar-refractivity contribution in [3.05, 3.63) is 95.9 Å². The van der Waals surface area contributed by atoms with E-state index < -0.39 is 0 Å². The summed E-state index contributed by atoms with van der Waals surface area (Å²) in [6, 6.07) is 20.2. The van der Waals surface area contributed by atoms with Crippen LogP contribution in [0, 0.1) is 0 Å². The number of carbonyl (C=O) groups excluding carboxylic acids is 1. The van der Waals surface area contributed by atoms with Crippen molar-refractivity contribution in [2.75, 3.05) is 26.0 Å². The number of rotatable bonds is 8. The fraction of sp³-hybridized carbons (Fsp3) is 0.231. The summed E-state index contributed by atoms with van der Waals surface area (Å²) in [5.74, 6) is -0.116. The summed E-state index contributed by atoms with van der Waals surface area (Å²) in [5, 5.41) is 4.16. The van der Waals surface area contributed by atoms with Gasteiger partial charge in [-0.3, -0.25) is 9.78 Å². The van der Waals surface area contributed by atoms with E-state index in [2.05, 4.69) is 64.3 Å². The van der Waals surface area contributed by atoms with E-state index in [0.717, 1.165) is 31.6 Å². The molecule has 0 saturated carbocycles. The molecule has 5 nitrogen and oxygen atoms in total. The van der Waals surface area contributed by atoms with Crippen molar-refractivity contribution < 1.29 is 4.79 Å². The van der Waals surface area contributed by atoms with Crippen molar-refractivity contribution in [2.45, 2.75) is 19.4 Å². The number of benzene rings is 2. The number of anilines is 1. The predicted octanol–water partition coefficient (Wildman–Crippen LogP) is 4.83. The second-order valence-electron chi connectivity index (χ2n) is 8.12. The first-order chi connectivity index (χ1) is 15.1. The molecule has 0 spiro atoms. The molecule has 0 unspecified atom stereocenters. The van der Waals surface area contributed by atoms with Crippen LogP contribution in [-0.2, 0) is 13.0 Å². The zero-order valence-electron chi connectivity index (χ0n) is 18.1. The molecule has 158 valence electrons. The largest absolute Gasteiger partial charge is 0.347 e. The summed E-state index contributed by atoms with van der Waals surface area (Å²) in [5.41, 5.74) is 5.13. The van der Waals surface area contributed by atoms with Crippen LogP contribution in [0.25, 0.3) is 10.9 Å². The molecule has 5 heteroatoms. The normalized spacial score (nSPS) is 11.2. The number of amides is 1. The Kier molecular flexibility index (Phi) is 6.43. The first-order valence-corrected chi connectivity index (χ1v) is 10.6. The molecule has 4 aromatic rings. The van der Waals surface area contributed by atoms with Gasteiger partial charge in [0.2, 0.25) is 0 Å². The summed E-state index contributed by atoms with van der Waals surface area (Å²) in [6.45, 7) is 2.12. The van der Waals surface area contributed by atoms with E-state index in [-0.39, 0.29) is 5.91 Å². The molecule has 0 fully saturated rings. The van der Waals surface area contributed by atoms with Gasteiger partial charge >= 0.3 is 0 Å². The summed E-state index contributed by atoms with van der Waals surface area (Å²) in [7, 11) is 4.22. The number of nitrogens with zero attached hydrogens (tertiary/aromatic N) is 3. The van der Waals surface area contributed by atoms with Gasteiger partial charge in [-0.15, -0.1) is 0 Å². The predicted molar refractivity (Wildman–Crippen MR) is 127 cm³/mol. The molecule has 31 heavy (non-hydrogen) atoms. The van der Waals surface area contributed by atoms with Gasteiger partial charge in [-0.25, -0.2) is 0 Å². The fourth-order valence-corrected chi connectivity index (χ4v) is 3.76. The lowest BCUT2D eigenvalue weighted by atomic mass is 10.0. The number of pyridine rings is 1. The topological polar surface area (TPSA) is 50.2 Å². The van der Waals surface area contributed by atoms with Gasteiger partial charge in [-0.05, 0) is 92.5 Å². The van der Waals surface area contributed by atoms with Gasteiger partial charge < -0.3 is 14.8 Å². The molecule has 1 amide bonds. The van der Waals surface area contributed by atoms with E-state index in [9.17, 15) is 4.79 Å². The summed E-state index contributed by atoms with van der Waals surface area (Å²) >= 11 is 0. The highest BCUT2D eigenvalue weighted by Gasteiger charge is 2.07. The van der Waals surface area contributed by atoms with E-state index in [1.807, 2.05) is 24.3 Å². The average Bonchev–Trinajstić information content (AvgIpc) is 3.17. The van der Waals surface area contributed by atoms with E-state index in [0.29, 0.717) is 5.56 Å². The SMILES string of the molecule is CN(C)CCCn1ccc2cc(Cc3ccc(C(=O)Nc4ccncc4)cc3)ccc21. The monoisotopic (exact) mass is 412 g/mol. The first kappa shape index (κ1) is 20.8. The quantitative estimate of drug-likeness (QED) is 0.451. The standard InChI is InChI=1S/C26H28N4O/c1-29(2)15-3-16-30-17-12-23-19-21(6-9-25(23)30)18-20-4-7-22(8-5-20)26(31)28-24-10-13-27-14-11-24/h4-14,17,19H,3,15-16,18H2,1-2H3,(H,27,28,31). The van der Waals surface area contributed by atoms with Crippen LogP contribution in [0.5, 0.6) is 0 Å². The number of carbonyl (C=O) groups is 1. The van der Waals surface area contributed by atoms with Crippen LogP contribution in [0.15, 0.2) is 79.3 Å². The van der Waals surface area contributed by atoms with Crippen molar-refractivity contribution in [3.63, 3.8) is 0 Å². The van der Waals surface area contributed by atoms with Crippen LogP contribution < -0.4 is 5.32 Å². The second kappa shape index (κ2) is 9.58. The molecular formula is C26H28N4O. The maximum atomic E-state index is 12.4. The molecule has 0 saturated heterocycles. The van der Waals surface area contributed by atoms with Crippen molar-refractivity contribution in [2.24, 2.45) is 0 Å². The van der Waals surface area contributed by atoms with Crippen LogP contribution in [-0.4, -0.2) is 41.0 Å². The van der Waals surface area contributed by atoms with Crippen molar-refractivity contribution >= 4 is 22.5 Å². The average molecular weight is 413 g/mol. The summed E-state index contributed by atoms with van der Waals surface area (Å²) in [6.07, 6.45) is 7.48. The van der Waals surface area contributed by atoms with E-state index >= 15 is 0 Å². The van der Waals surface area contributed by atoms with Gasteiger partial charge in [0.25, 0.3) is 5.91 Å². The van der Waals surface area contributed by atoms with E-state index in [1.54, 1.807) is 24.5 Å². The molecule has 1 N–H and O–H groups in total. The minimum absolute atomic E-state index is 0.116. The number of aromatic nitrogens is 2. The molecule has 2 aromatic carbocycles. The lowest BCUT2D eigenvalue weighted by molar-refractivity contribution is 0.102. The van der Waals surface area contributed by atoms with Gasteiger partial charge in [0.15, 0.2) is 0 Å². The highest BCUT2D eigenvalue weighted by atomic mass is 16.1. The van der Waals surface area contributed by atoms with Crippen molar-refractivity contribution in [3.8, 4) is 0 Å². The first-order valence-electron chi connectivity index (χ1n) is 10.6. The van der Waals surface area contributed by atoms with Gasteiger partial charge in [-0.1, -0.05) is 18.2 Å². The second-order valence-corrected chi connectivity index (χ2v) is 8.12. The third-order valence-corrected chi connectivity index (χ3v) is 5.40. The smallest absolute Gasteiger partial charge is 0.255 e. The molecule has 2 heterocycles. The summed E-state index contributed by atoms with van der Waals surface area (Å²) < 4.78 is 2.33. The number of hydrogen-bond donors (Lipinski definition) is 1. The van der Waals surface area contributed by atoms with Crippen LogP contribution in [0.4, 0.5) is 5.69 Å². The summed E-state index contributed by atoms with van der Waals surface area (Å²) in [4.78, 5) is 18.6. The van der Waals surface area contributed by atoms with Crippen LogP contribution in [0.1, 0.15) is 27.9 Å². The Hall–Kier alpha value is -3.44. The van der Waals surface area contributed by atoms with Crippen LogP contribution >= 0.6 is 0 Å². The van der Waals surface area contributed by atoms with Gasteiger partial charge in [-0.2, -0.15) is 0 Å². The lowest BCUT2D eigenvalue weighted by Gasteiger charge is -2.11. The molecule has 0 aliphatic rings. The Labute approximate surface area is 183 Å². The molecule has 0 radical (unpaired) electrons. The Balaban J connectivity index is 1.40. The van der Waals surface area contributed by atoms with Crippen molar-refractivity contribution in [1.29, 1.82) is 0 Å². The van der Waals surface area contributed by atoms with E-state index in [4.69, 9.17) is 0 Å². The number of fused-ring (bicyclic) bond motifs is 1. The number of aryl methyl sites for hydroxylation is 1. The zero-order chi connectivity index (χ0) is 21.6. The number of hydrogen-bond acceptors (Lipinski definition) is 3. The molecular weight excluding hydrogens is 384 g/mol. The molecule has 0 aliphatic heterocycles. The Morgan fingerprint density at radius 2 is 1.71 bits per heavy atom. The molecule has 4 rings (SSSR count).